The van der Waals surface area contributed by atoms with Crippen LogP contribution in [0.2, 0.25) is 0 Å². The summed E-state index contributed by atoms with van der Waals surface area (Å²) in [4.78, 5) is 25.1. The van der Waals surface area contributed by atoms with Crippen molar-refractivity contribution < 1.29 is 9.59 Å². The second kappa shape index (κ2) is 5.52. The van der Waals surface area contributed by atoms with E-state index in [1.165, 1.54) is 25.7 Å². The first-order chi connectivity index (χ1) is 8.16. The van der Waals surface area contributed by atoms with Gasteiger partial charge in [0.05, 0.1) is 6.54 Å². The molecule has 2 amide bonds. The monoisotopic (exact) mass is 238 g/mol. The second-order valence-electron chi connectivity index (χ2n) is 5.40. The van der Waals surface area contributed by atoms with E-state index in [0.717, 1.165) is 12.3 Å². The minimum Gasteiger partial charge on any atom is -0.353 e. The predicted molar refractivity (Wildman–Crippen MR) is 65.3 cm³/mol. The fourth-order valence-electron chi connectivity index (χ4n) is 2.99. The van der Waals surface area contributed by atoms with E-state index in [1.807, 2.05) is 6.92 Å². The quantitative estimate of drug-likeness (QED) is 0.802. The zero-order chi connectivity index (χ0) is 12.3. The van der Waals surface area contributed by atoms with Gasteiger partial charge in [0.25, 0.3) is 0 Å². The Kier molecular flexibility index (Phi) is 4.02. The van der Waals surface area contributed by atoms with Gasteiger partial charge < -0.3 is 10.2 Å². The van der Waals surface area contributed by atoms with Crippen molar-refractivity contribution in [2.45, 2.75) is 39.0 Å². The Morgan fingerprint density at radius 2 is 2.18 bits per heavy atom. The number of carbonyl (C=O) groups is 2. The van der Waals surface area contributed by atoms with Crippen LogP contribution in [0.15, 0.2) is 0 Å². The molecular formula is C13H22N2O2. The molecule has 0 aromatic rings. The molecule has 1 saturated heterocycles. The topological polar surface area (TPSA) is 49.4 Å². The summed E-state index contributed by atoms with van der Waals surface area (Å²) in [7, 11) is 0. The zero-order valence-corrected chi connectivity index (χ0v) is 10.6. The Morgan fingerprint density at radius 1 is 1.47 bits per heavy atom. The third-order valence-electron chi connectivity index (χ3n) is 3.93. The van der Waals surface area contributed by atoms with Crippen LogP contribution in [0.4, 0.5) is 0 Å². The van der Waals surface area contributed by atoms with E-state index in [9.17, 15) is 9.59 Å². The van der Waals surface area contributed by atoms with Gasteiger partial charge in [-0.2, -0.15) is 0 Å². The van der Waals surface area contributed by atoms with Gasteiger partial charge in [0, 0.05) is 19.0 Å². The first kappa shape index (κ1) is 12.4. The number of nitrogens with one attached hydrogen (secondary N) is 1. The number of carbonyl (C=O) groups excluding carboxylic acids is 2. The van der Waals surface area contributed by atoms with Crippen LogP contribution in [0.25, 0.3) is 0 Å². The lowest BCUT2D eigenvalue weighted by atomic mass is 9.93. The number of hydrogen-bond donors (Lipinski definition) is 1. The molecule has 2 aliphatic rings. The molecule has 1 aliphatic heterocycles. The van der Waals surface area contributed by atoms with Crippen molar-refractivity contribution in [2.75, 3.05) is 19.6 Å². The normalized spacial score (nSPS) is 23.6. The molecule has 0 radical (unpaired) electrons. The summed E-state index contributed by atoms with van der Waals surface area (Å²) in [5.41, 5.74) is 0. The molecule has 2 rings (SSSR count). The van der Waals surface area contributed by atoms with Gasteiger partial charge in [-0.25, -0.2) is 0 Å². The number of hydrogen-bond acceptors (Lipinski definition) is 2. The fourth-order valence-corrected chi connectivity index (χ4v) is 2.99. The van der Waals surface area contributed by atoms with Crippen LogP contribution in [0.1, 0.15) is 39.0 Å². The van der Waals surface area contributed by atoms with E-state index < -0.39 is 0 Å². The second-order valence-corrected chi connectivity index (χ2v) is 5.40. The van der Waals surface area contributed by atoms with Crippen LogP contribution in [-0.4, -0.2) is 36.3 Å². The molecule has 0 aromatic carbocycles. The van der Waals surface area contributed by atoms with Crippen LogP contribution in [0, 0.1) is 11.8 Å². The highest BCUT2D eigenvalue weighted by molar-refractivity contribution is 5.86. The highest BCUT2D eigenvalue weighted by atomic mass is 16.2. The standard InChI is InChI=1S/C13H22N2O2/c1-10(8-11-4-2-3-5-11)13(17)15-7-6-14-12(16)9-15/h10-11H,2-9H2,1H3,(H,14,16). The average molecular weight is 238 g/mol. The number of rotatable bonds is 3. The summed E-state index contributed by atoms with van der Waals surface area (Å²) in [5.74, 6) is 0.931. The van der Waals surface area contributed by atoms with Crippen LogP contribution in [0.3, 0.4) is 0 Å². The van der Waals surface area contributed by atoms with Crippen molar-refractivity contribution in [2.24, 2.45) is 11.8 Å². The van der Waals surface area contributed by atoms with Crippen molar-refractivity contribution in [1.29, 1.82) is 0 Å². The predicted octanol–water partition coefficient (Wildman–Crippen LogP) is 1.16. The Hall–Kier alpha value is -1.06. The molecule has 0 spiro atoms. The van der Waals surface area contributed by atoms with E-state index in [-0.39, 0.29) is 24.3 Å². The number of piperazine rings is 1. The first-order valence-electron chi connectivity index (χ1n) is 6.72. The van der Waals surface area contributed by atoms with Crippen LogP contribution >= 0.6 is 0 Å². The molecule has 1 atom stereocenters. The molecular weight excluding hydrogens is 216 g/mol. The minimum atomic E-state index is -0.0299. The molecule has 96 valence electrons. The van der Waals surface area contributed by atoms with Gasteiger partial charge in [0.1, 0.15) is 0 Å². The molecule has 17 heavy (non-hydrogen) atoms. The Balaban J connectivity index is 1.83. The molecule has 1 N–H and O–H groups in total. The maximum absolute atomic E-state index is 12.2. The van der Waals surface area contributed by atoms with E-state index in [0.29, 0.717) is 13.1 Å². The zero-order valence-electron chi connectivity index (χ0n) is 10.6. The lowest BCUT2D eigenvalue weighted by Gasteiger charge is -2.29. The summed E-state index contributed by atoms with van der Waals surface area (Å²) < 4.78 is 0. The summed E-state index contributed by atoms with van der Waals surface area (Å²) in [6.07, 6.45) is 6.18. The van der Waals surface area contributed by atoms with Crippen LogP contribution < -0.4 is 5.32 Å². The Bertz CT molecular complexity index is 298. The molecule has 0 aromatic heterocycles. The summed E-state index contributed by atoms with van der Waals surface area (Å²) in [6.45, 7) is 3.52. The van der Waals surface area contributed by atoms with E-state index >= 15 is 0 Å². The smallest absolute Gasteiger partial charge is 0.239 e. The summed E-state index contributed by atoms with van der Waals surface area (Å²) >= 11 is 0. The minimum absolute atomic E-state index is 0.0299. The van der Waals surface area contributed by atoms with E-state index in [4.69, 9.17) is 0 Å². The van der Waals surface area contributed by atoms with Crippen molar-refractivity contribution in [3.8, 4) is 0 Å². The van der Waals surface area contributed by atoms with E-state index in [2.05, 4.69) is 5.32 Å². The Morgan fingerprint density at radius 3 is 2.82 bits per heavy atom. The van der Waals surface area contributed by atoms with Gasteiger partial charge >= 0.3 is 0 Å². The van der Waals surface area contributed by atoms with Crippen molar-refractivity contribution in [3.63, 3.8) is 0 Å². The van der Waals surface area contributed by atoms with Gasteiger partial charge in [0.2, 0.25) is 11.8 Å². The molecule has 1 aliphatic carbocycles. The van der Waals surface area contributed by atoms with Gasteiger partial charge in [-0.1, -0.05) is 32.6 Å². The third-order valence-corrected chi connectivity index (χ3v) is 3.93. The third kappa shape index (κ3) is 3.20. The van der Waals surface area contributed by atoms with Crippen molar-refractivity contribution in [3.05, 3.63) is 0 Å². The fraction of sp³-hybridized carbons (Fsp3) is 0.846. The van der Waals surface area contributed by atoms with Gasteiger partial charge in [-0.15, -0.1) is 0 Å². The summed E-state index contributed by atoms with van der Waals surface area (Å²) in [5, 5.41) is 2.75. The first-order valence-corrected chi connectivity index (χ1v) is 6.72. The lowest BCUT2D eigenvalue weighted by Crippen LogP contribution is -2.51. The molecule has 1 saturated carbocycles. The molecule has 4 nitrogen and oxygen atoms in total. The molecule has 4 heteroatoms. The molecule has 2 fully saturated rings. The van der Waals surface area contributed by atoms with Gasteiger partial charge in [-0.3, -0.25) is 9.59 Å². The van der Waals surface area contributed by atoms with Crippen LogP contribution in [-0.2, 0) is 9.59 Å². The summed E-state index contributed by atoms with van der Waals surface area (Å²) in [6, 6.07) is 0. The van der Waals surface area contributed by atoms with Crippen molar-refractivity contribution >= 4 is 11.8 Å². The average Bonchev–Trinajstić information content (AvgIpc) is 2.80. The maximum Gasteiger partial charge on any atom is 0.239 e. The lowest BCUT2D eigenvalue weighted by molar-refractivity contribution is -0.141. The SMILES string of the molecule is CC(CC1CCCC1)C(=O)N1CCNC(=O)C1. The van der Waals surface area contributed by atoms with Crippen LogP contribution in [0.5, 0.6) is 0 Å². The van der Waals surface area contributed by atoms with Crippen molar-refractivity contribution in [1.82, 2.24) is 10.2 Å². The molecule has 1 unspecified atom stereocenters. The van der Waals surface area contributed by atoms with E-state index in [1.54, 1.807) is 4.90 Å². The number of amides is 2. The molecule has 1 heterocycles. The highest BCUT2D eigenvalue weighted by Crippen LogP contribution is 2.30. The largest absolute Gasteiger partial charge is 0.353 e. The van der Waals surface area contributed by atoms with Gasteiger partial charge in [-0.05, 0) is 12.3 Å². The number of nitrogens with zero attached hydrogens (tertiary/aromatic N) is 1. The van der Waals surface area contributed by atoms with Gasteiger partial charge in [0.15, 0.2) is 0 Å². The Labute approximate surface area is 103 Å². The molecule has 0 bridgehead atoms. The maximum atomic E-state index is 12.2. The highest BCUT2D eigenvalue weighted by Gasteiger charge is 2.27.